The molecular weight excluding hydrogens is 813 g/mol. The highest BCUT2D eigenvalue weighted by Gasteiger charge is 2.35. The number of hydrogen-bond donors (Lipinski definition) is 4. The number of piperazine rings is 1. The van der Waals surface area contributed by atoms with Crippen molar-refractivity contribution in [3.63, 3.8) is 0 Å². The zero-order valence-electron chi connectivity index (χ0n) is 34.6. The molecule has 7 rings (SSSR count). The van der Waals surface area contributed by atoms with Crippen molar-refractivity contribution in [2.75, 3.05) is 69.4 Å². The number of rotatable bonds is 13. The molecule has 0 saturated carbocycles. The molecule has 2 unspecified atom stereocenters. The lowest BCUT2D eigenvalue weighted by atomic mass is 9.88. The Labute approximate surface area is 353 Å². The second-order valence-corrected chi connectivity index (χ2v) is 17.9. The number of nitrogens with zero attached hydrogens (tertiary/aromatic N) is 7. The Morgan fingerprint density at radius 3 is 2.48 bits per heavy atom. The van der Waals surface area contributed by atoms with Crippen LogP contribution in [0.25, 0.3) is 10.9 Å². The Balaban J connectivity index is 0.908. The molecule has 3 atom stereocenters. The van der Waals surface area contributed by atoms with Crippen LogP contribution in [0.1, 0.15) is 67.4 Å². The topological polar surface area (TPSA) is 208 Å². The zero-order chi connectivity index (χ0) is 43.6. The molecule has 2 aromatic carbocycles. The first kappa shape index (κ1) is 43.8. The van der Waals surface area contributed by atoms with Crippen molar-refractivity contribution in [2.45, 2.75) is 63.5 Å². The van der Waals surface area contributed by atoms with Crippen LogP contribution in [0.2, 0.25) is 0 Å². The SMILES string of the molecule is CCN(C)S(=O)(=O)Nc1ccc(F)c(C(=O)CC2C=C(N)N=CC[C@H]2N2CCN(C(=O)CN3CCC(Nc4ccc5c(C6CCC(=O)NC6=O)nn(C)c5c4)CC3)CC2)c1F. The van der Waals surface area contributed by atoms with E-state index in [4.69, 9.17) is 5.73 Å². The largest absolute Gasteiger partial charge is 0.384 e. The number of benzene rings is 2. The molecule has 1 aromatic heterocycles. The van der Waals surface area contributed by atoms with Gasteiger partial charge >= 0.3 is 10.2 Å². The van der Waals surface area contributed by atoms with Crippen molar-refractivity contribution in [1.82, 2.24) is 34.1 Å². The van der Waals surface area contributed by atoms with Gasteiger partial charge in [-0.15, -0.1) is 0 Å². The second kappa shape index (κ2) is 18.3. The van der Waals surface area contributed by atoms with E-state index in [9.17, 15) is 27.6 Å². The number of likely N-dealkylation sites (tertiary alicyclic amines) is 1. The Hall–Kier alpha value is -5.31. The number of anilines is 2. The second-order valence-electron chi connectivity index (χ2n) is 16.2. The summed E-state index contributed by atoms with van der Waals surface area (Å²) >= 11 is 0. The number of Topliss-reactive ketones (excluding diaryl/α,β-unsaturated/α-hetero) is 1. The first-order chi connectivity index (χ1) is 29.1. The number of aryl methyl sites for hydroxylation is 1. The number of halogens is 2. The Bertz CT molecular complexity index is 2360. The Morgan fingerprint density at radius 1 is 1.03 bits per heavy atom. The number of carbonyl (C=O) groups is 4. The van der Waals surface area contributed by atoms with Crippen LogP contribution >= 0.6 is 0 Å². The van der Waals surface area contributed by atoms with Gasteiger partial charge < -0.3 is 16.0 Å². The predicted octanol–water partition coefficient (Wildman–Crippen LogP) is 2.53. The van der Waals surface area contributed by atoms with Gasteiger partial charge in [0, 0.05) is 108 Å². The van der Waals surface area contributed by atoms with Crippen LogP contribution in [0.4, 0.5) is 20.2 Å². The molecule has 3 aromatic rings. The minimum Gasteiger partial charge on any atom is -0.384 e. The molecule has 5 heterocycles. The summed E-state index contributed by atoms with van der Waals surface area (Å²) in [5.41, 5.74) is 7.24. The highest BCUT2D eigenvalue weighted by molar-refractivity contribution is 7.90. The average Bonchev–Trinajstić information content (AvgIpc) is 3.43. The van der Waals surface area contributed by atoms with Crippen molar-refractivity contribution < 1.29 is 36.4 Å². The summed E-state index contributed by atoms with van der Waals surface area (Å²) in [5, 5.41) is 11.6. The minimum atomic E-state index is -4.14. The van der Waals surface area contributed by atoms with Crippen molar-refractivity contribution in [1.29, 1.82) is 0 Å². The van der Waals surface area contributed by atoms with E-state index in [1.807, 2.05) is 30.1 Å². The van der Waals surface area contributed by atoms with Crippen LogP contribution in [0.3, 0.4) is 0 Å². The number of fused-ring (bicyclic) bond motifs is 1. The monoisotopic (exact) mass is 865 g/mol. The number of aliphatic imine (C=N–C) groups is 1. The van der Waals surface area contributed by atoms with E-state index < -0.39 is 50.7 Å². The number of aromatic nitrogens is 2. The number of nitrogens with one attached hydrogen (secondary N) is 3. The number of hydrogen-bond acceptors (Lipinski definition) is 12. The fraction of sp³-hybridized carbons (Fsp3) is 0.512. The normalized spacial score (nSPS) is 22.3. The van der Waals surface area contributed by atoms with Gasteiger partial charge in [0.1, 0.15) is 11.6 Å². The minimum absolute atomic E-state index is 0.0319. The van der Waals surface area contributed by atoms with Crippen molar-refractivity contribution >= 4 is 62.2 Å². The fourth-order valence-electron chi connectivity index (χ4n) is 8.67. The molecule has 3 saturated heterocycles. The molecular formula is C41H53F2N11O6S. The molecule has 328 valence electrons. The highest BCUT2D eigenvalue weighted by atomic mass is 32.2. The van der Waals surface area contributed by atoms with Gasteiger partial charge in [-0.1, -0.05) is 6.92 Å². The van der Waals surface area contributed by atoms with E-state index in [1.165, 1.54) is 7.05 Å². The van der Waals surface area contributed by atoms with Crippen LogP contribution in [0.5, 0.6) is 0 Å². The van der Waals surface area contributed by atoms with Gasteiger partial charge in [0.25, 0.3) is 0 Å². The average molecular weight is 866 g/mol. The molecule has 4 aliphatic heterocycles. The van der Waals surface area contributed by atoms with Gasteiger partial charge in [-0.2, -0.15) is 17.8 Å². The third kappa shape index (κ3) is 9.77. The molecule has 3 fully saturated rings. The summed E-state index contributed by atoms with van der Waals surface area (Å²) < 4.78 is 60.6. The molecule has 5 N–H and O–H groups in total. The molecule has 0 bridgehead atoms. The summed E-state index contributed by atoms with van der Waals surface area (Å²) in [7, 11) is -0.990. The fourth-order valence-corrected chi connectivity index (χ4v) is 9.60. The Morgan fingerprint density at radius 2 is 1.77 bits per heavy atom. The van der Waals surface area contributed by atoms with Crippen molar-refractivity contribution in [2.24, 2.45) is 23.7 Å². The van der Waals surface area contributed by atoms with E-state index in [1.54, 1.807) is 23.9 Å². The van der Waals surface area contributed by atoms with Gasteiger partial charge in [0.05, 0.1) is 34.9 Å². The highest BCUT2D eigenvalue weighted by Crippen LogP contribution is 2.33. The van der Waals surface area contributed by atoms with E-state index in [0.717, 1.165) is 59.0 Å². The van der Waals surface area contributed by atoms with Gasteiger partial charge in [-0.25, -0.2) is 13.8 Å². The van der Waals surface area contributed by atoms with E-state index in [2.05, 4.69) is 35.2 Å². The molecule has 0 aliphatic carbocycles. The molecule has 4 aliphatic rings. The standard InChI is InChI=1S/C41H53F2N11O6S/c1-4-50(2)61(59,60)49-31-9-8-30(42)38(39(31)43)34(55)21-25-22-35(44)45-14-11-32(25)53-17-19-54(20-18-53)37(57)24-52-15-12-26(13-16-52)46-27-5-6-28-33(23-27)51(3)48-40(28)29-7-10-36(56)47-41(29)58/h5-6,8-9,14,22-23,25-26,29,32,46,49H,4,7,10-13,15-21,24,44H2,1-3H3,(H,47,56,58)/t25?,29?,32-/m1/s1. The first-order valence-electron chi connectivity index (χ1n) is 20.7. The van der Waals surface area contributed by atoms with Gasteiger partial charge in [0.2, 0.25) is 17.7 Å². The molecule has 0 radical (unpaired) electrons. The quantitative estimate of drug-likeness (QED) is 0.145. The molecule has 3 amide bonds. The lowest BCUT2D eigenvalue weighted by Crippen LogP contribution is -2.55. The number of nitrogens with two attached hydrogens (primary N) is 1. The summed E-state index contributed by atoms with van der Waals surface area (Å²) in [6, 6.07) is 7.70. The van der Waals surface area contributed by atoms with Gasteiger partial charge in [-0.05, 0) is 62.1 Å². The molecule has 0 spiro atoms. The summed E-state index contributed by atoms with van der Waals surface area (Å²) in [5.74, 6) is -4.65. The lowest BCUT2D eigenvalue weighted by molar-refractivity contribution is -0.135. The van der Waals surface area contributed by atoms with E-state index >= 15 is 8.78 Å². The molecule has 17 nitrogen and oxygen atoms in total. The Kier molecular flexibility index (Phi) is 13.2. The van der Waals surface area contributed by atoms with Crippen LogP contribution in [-0.4, -0.2) is 138 Å². The third-order valence-electron chi connectivity index (χ3n) is 12.3. The first-order valence-corrected chi connectivity index (χ1v) is 22.1. The van der Waals surface area contributed by atoms with Crippen molar-refractivity contribution in [3.8, 4) is 0 Å². The van der Waals surface area contributed by atoms with E-state index in [-0.39, 0.29) is 55.0 Å². The maximum absolute atomic E-state index is 15.6. The predicted molar refractivity (Wildman–Crippen MR) is 226 cm³/mol. The number of carbonyl (C=O) groups excluding carboxylic acids is 4. The van der Waals surface area contributed by atoms with Crippen LogP contribution in [0.15, 0.2) is 47.2 Å². The van der Waals surface area contributed by atoms with Crippen LogP contribution in [-0.2, 0) is 31.6 Å². The van der Waals surface area contributed by atoms with Gasteiger partial charge in [-0.3, -0.25) is 43.7 Å². The number of imide groups is 1. The number of piperidine rings is 2. The van der Waals surface area contributed by atoms with Gasteiger partial charge in [0.15, 0.2) is 11.6 Å². The van der Waals surface area contributed by atoms with Crippen LogP contribution in [0, 0.1) is 17.6 Å². The van der Waals surface area contributed by atoms with E-state index in [0.29, 0.717) is 51.3 Å². The van der Waals surface area contributed by atoms with Crippen LogP contribution < -0.4 is 21.1 Å². The smallest absolute Gasteiger partial charge is 0.301 e. The maximum Gasteiger partial charge on any atom is 0.301 e. The lowest BCUT2D eigenvalue weighted by Gasteiger charge is -2.42. The summed E-state index contributed by atoms with van der Waals surface area (Å²) in [6.45, 7) is 5.43. The number of amides is 3. The zero-order valence-corrected chi connectivity index (χ0v) is 35.4. The third-order valence-corrected chi connectivity index (χ3v) is 13.8. The molecule has 20 heteroatoms. The molecule has 61 heavy (non-hydrogen) atoms. The number of ketones is 1. The maximum atomic E-state index is 15.6. The summed E-state index contributed by atoms with van der Waals surface area (Å²) in [6.07, 6.45) is 5.80. The summed E-state index contributed by atoms with van der Waals surface area (Å²) in [4.78, 5) is 61.7. The van der Waals surface area contributed by atoms with Crippen molar-refractivity contribution in [3.05, 3.63) is 65.1 Å².